The van der Waals surface area contributed by atoms with Gasteiger partial charge in [-0.15, -0.1) is 11.3 Å². The van der Waals surface area contributed by atoms with Crippen molar-refractivity contribution in [2.75, 3.05) is 13.7 Å². The SMILES string of the molecule is COc1cc(-c2nc(C(=O)NCCC(C)C)cs2)ccc1OCc1ccc(F)c(F)c1. The molecule has 1 N–H and O–H groups in total. The molecule has 31 heavy (non-hydrogen) atoms. The van der Waals surface area contributed by atoms with Crippen molar-refractivity contribution < 1.29 is 23.0 Å². The second-order valence-electron chi connectivity index (χ2n) is 7.38. The largest absolute Gasteiger partial charge is 0.493 e. The quantitative estimate of drug-likeness (QED) is 0.475. The summed E-state index contributed by atoms with van der Waals surface area (Å²) in [7, 11) is 1.51. The molecule has 0 atom stereocenters. The van der Waals surface area contributed by atoms with Gasteiger partial charge >= 0.3 is 0 Å². The molecule has 1 aromatic heterocycles. The molecule has 0 aliphatic heterocycles. The Morgan fingerprint density at radius 2 is 1.94 bits per heavy atom. The molecule has 0 aliphatic carbocycles. The molecular formula is C23H24F2N2O3S. The number of methoxy groups -OCH3 is 1. The van der Waals surface area contributed by atoms with Crippen molar-refractivity contribution >= 4 is 17.2 Å². The Hall–Kier alpha value is -3.00. The number of aromatic nitrogens is 1. The predicted octanol–water partition coefficient (Wildman–Crippen LogP) is 5.45. The minimum Gasteiger partial charge on any atom is -0.493 e. The molecule has 0 fully saturated rings. The zero-order chi connectivity index (χ0) is 22.4. The number of hydrogen-bond donors (Lipinski definition) is 1. The monoisotopic (exact) mass is 446 g/mol. The second kappa shape index (κ2) is 10.3. The molecule has 3 aromatic rings. The van der Waals surface area contributed by atoms with Gasteiger partial charge in [-0.25, -0.2) is 13.8 Å². The molecule has 3 rings (SSSR count). The van der Waals surface area contributed by atoms with Gasteiger partial charge in [-0.05, 0) is 48.2 Å². The van der Waals surface area contributed by atoms with Crippen LogP contribution in [-0.2, 0) is 6.61 Å². The van der Waals surface area contributed by atoms with E-state index in [0.717, 1.165) is 24.1 Å². The van der Waals surface area contributed by atoms with Gasteiger partial charge < -0.3 is 14.8 Å². The highest BCUT2D eigenvalue weighted by molar-refractivity contribution is 7.13. The average molecular weight is 447 g/mol. The molecular weight excluding hydrogens is 422 g/mol. The maximum absolute atomic E-state index is 13.4. The molecule has 0 unspecified atom stereocenters. The number of ether oxygens (including phenoxy) is 2. The van der Waals surface area contributed by atoms with Gasteiger partial charge in [0, 0.05) is 17.5 Å². The van der Waals surface area contributed by atoms with Gasteiger partial charge in [-0.3, -0.25) is 4.79 Å². The van der Waals surface area contributed by atoms with Crippen LogP contribution in [-0.4, -0.2) is 24.5 Å². The summed E-state index contributed by atoms with van der Waals surface area (Å²) in [5.41, 5.74) is 1.66. The molecule has 164 valence electrons. The molecule has 0 radical (unpaired) electrons. The van der Waals surface area contributed by atoms with Gasteiger partial charge in [-0.1, -0.05) is 19.9 Å². The van der Waals surface area contributed by atoms with Crippen molar-refractivity contribution in [1.29, 1.82) is 0 Å². The summed E-state index contributed by atoms with van der Waals surface area (Å²) in [4.78, 5) is 16.7. The van der Waals surface area contributed by atoms with Gasteiger partial charge in [0.25, 0.3) is 5.91 Å². The molecule has 0 saturated carbocycles. The first kappa shape index (κ1) is 22.7. The smallest absolute Gasteiger partial charge is 0.270 e. The summed E-state index contributed by atoms with van der Waals surface area (Å²) >= 11 is 1.36. The number of nitrogens with one attached hydrogen (secondary N) is 1. The van der Waals surface area contributed by atoms with Crippen LogP contribution >= 0.6 is 11.3 Å². The molecule has 8 heteroatoms. The first-order valence-corrected chi connectivity index (χ1v) is 10.7. The third kappa shape index (κ3) is 6.01. The Bertz CT molecular complexity index is 1050. The molecule has 0 aliphatic rings. The third-order valence-electron chi connectivity index (χ3n) is 4.53. The summed E-state index contributed by atoms with van der Waals surface area (Å²) in [5.74, 6) is -0.570. The zero-order valence-corrected chi connectivity index (χ0v) is 18.4. The highest BCUT2D eigenvalue weighted by Crippen LogP contribution is 2.34. The molecule has 5 nitrogen and oxygen atoms in total. The minimum atomic E-state index is -0.920. The highest BCUT2D eigenvalue weighted by Gasteiger charge is 2.14. The normalized spacial score (nSPS) is 10.9. The number of hydrogen-bond acceptors (Lipinski definition) is 5. The van der Waals surface area contributed by atoms with Gasteiger partial charge in [0.05, 0.1) is 7.11 Å². The van der Waals surface area contributed by atoms with Crippen molar-refractivity contribution in [1.82, 2.24) is 10.3 Å². The Morgan fingerprint density at radius 3 is 2.65 bits per heavy atom. The van der Waals surface area contributed by atoms with E-state index in [4.69, 9.17) is 9.47 Å². The van der Waals surface area contributed by atoms with E-state index in [9.17, 15) is 13.6 Å². The number of amides is 1. The lowest BCUT2D eigenvalue weighted by atomic mass is 10.1. The van der Waals surface area contributed by atoms with Gasteiger partial charge in [0.1, 0.15) is 17.3 Å². The third-order valence-corrected chi connectivity index (χ3v) is 5.42. The first-order valence-electron chi connectivity index (χ1n) is 9.86. The van der Waals surface area contributed by atoms with Crippen LogP contribution in [0.1, 0.15) is 36.3 Å². The van der Waals surface area contributed by atoms with Crippen LogP contribution in [0.5, 0.6) is 11.5 Å². The standard InChI is InChI=1S/C23H24F2N2O3S/c1-14(2)8-9-26-22(28)19-13-31-23(27-19)16-5-7-20(21(11-16)29-3)30-12-15-4-6-17(24)18(25)10-15/h4-7,10-11,13-14H,8-9,12H2,1-3H3,(H,26,28). The van der Waals surface area contributed by atoms with Crippen molar-refractivity contribution in [2.24, 2.45) is 5.92 Å². The Labute approximate surface area is 184 Å². The lowest BCUT2D eigenvalue weighted by molar-refractivity contribution is 0.0948. The lowest BCUT2D eigenvalue weighted by Gasteiger charge is -2.12. The predicted molar refractivity (Wildman–Crippen MR) is 117 cm³/mol. The van der Waals surface area contributed by atoms with E-state index >= 15 is 0 Å². The Balaban J connectivity index is 1.69. The van der Waals surface area contributed by atoms with E-state index in [1.165, 1.54) is 24.5 Å². The Morgan fingerprint density at radius 1 is 1.13 bits per heavy atom. The zero-order valence-electron chi connectivity index (χ0n) is 17.6. The van der Waals surface area contributed by atoms with Crippen LogP contribution in [0.15, 0.2) is 41.8 Å². The summed E-state index contributed by atoms with van der Waals surface area (Å²) < 4.78 is 37.5. The fraction of sp³-hybridized carbons (Fsp3) is 0.304. The van der Waals surface area contributed by atoms with E-state index < -0.39 is 11.6 Å². The van der Waals surface area contributed by atoms with Gasteiger partial charge in [-0.2, -0.15) is 0 Å². The van der Waals surface area contributed by atoms with E-state index in [0.29, 0.717) is 40.2 Å². The van der Waals surface area contributed by atoms with Crippen LogP contribution in [0.3, 0.4) is 0 Å². The van der Waals surface area contributed by atoms with Crippen LogP contribution < -0.4 is 14.8 Å². The summed E-state index contributed by atoms with van der Waals surface area (Å²) in [6, 6.07) is 8.91. The van der Waals surface area contributed by atoms with E-state index in [1.54, 1.807) is 17.5 Å². The van der Waals surface area contributed by atoms with Gasteiger partial charge in [0.15, 0.2) is 23.1 Å². The fourth-order valence-corrected chi connectivity index (χ4v) is 3.58. The topological polar surface area (TPSA) is 60.5 Å². The fourth-order valence-electron chi connectivity index (χ4n) is 2.79. The highest BCUT2D eigenvalue weighted by atomic mass is 32.1. The van der Waals surface area contributed by atoms with Crippen molar-refractivity contribution in [2.45, 2.75) is 26.9 Å². The number of halogens is 2. The molecule has 1 amide bonds. The number of carbonyl (C=O) groups excluding carboxylic acids is 1. The van der Waals surface area contributed by atoms with Crippen molar-refractivity contribution in [3.8, 4) is 22.1 Å². The average Bonchev–Trinajstić information content (AvgIpc) is 3.24. The van der Waals surface area contributed by atoms with E-state index in [2.05, 4.69) is 24.1 Å². The maximum atomic E-state index is 13.4. The summed E-state index contributed by atoms with van der Waals surface area (Å²) in [5, 5.41) is 5.28. The van der Waals surface area contributed by atoms with E-state index in [-0.39, 0.29) is 12.5 Å². The number of nitrogens with zero attached hydrogens (tertiary/aromatic N) is 1. The van der Waals surface area contributed by atoms with E-state index in [1.807, 2.05) is 6.07 Å². The van der Waals surface area contributed by atoms with Gasteiger partial charge in [0.2, 0.25) is 0 Å². The number of rotatable bonds is 9. The second-order valence-corrected chi connectivity index (χ2v) is 8.24. The van der Waals surface area contributed by atoms with Crippen LogP contribution in [0.2, 0.25) is 0 Å². The van der Waals surface area contributed by atoms with Crippen molar-refractivity contribution in [3.05, 3.63) is 64.7 Å². The number of carbonyl (C=O) groups is 1. The van der Waals surface area contributed by atoms with Crippen LogP contribution in [0, 0.1) is 17.6 Å². The molecule has 0 bridgehead atoms. The molecule has 0 saturated heterocycles. The number of thiazole rings is 1. The summed E-state index contributed by atoms with van der Waals surface area (Å²) in [6.07, 6.45) is 0.909. The maximum Gasteiger partial charge on any atom is 0.270 e. The van der Waals surface area contributed by atoms with Crippen LogP contribution in [0.25, 0.3) is 10.6 Å². The van der Waals surface area contributed by atoms with Crippen LogP contribution in [0.4, 0.5) is 8.78 Å². The minimum absolute atomic E-state index is 0.0604. The molecule has 1 heterocycles. The molecule has 0 spiro atoms. The lowest BCUT2D eigenvalue weighted by Crippen LogP contribution is -2.25. The van der Waals surface area contributed by atoms with Crippen molar-refractivity contribution in [3.63, 3.8) is 0 Å². The summed E-state index contributed by atoms with van der Waals surface area (Å²) in [6.45, 7) is 4.88. The first-order chi connectivity index (χ1) is 14.9. The number of benzene rings is 2. The Kier molecular flexibility index (Phi) is 7.57. The molecule has 2 aromatic carbocycles.